The Labute approximate surface area is 290 Å². The molecule has 1 heteroatoms. The fourth-order valence-electron chi connectivity index (χ4n) is 8.19. The third kappa shape index (κ3) is 4.48. The van der Waals surface area contributed by atoms with Crippen molar-refractivity contribution in [3.63, 3.8) is 0 Å². The number of furan rings is 1. The topological polar surface area (TPSA) is 13.1 Å². The van der Waals surface area contributed by atoms with E-state index in [2.05, 4.69) is 182 Å². The Bertz CT molecular complexity index is 2830. The van der Waals surface area contributed by atoms with Gasteiger partial charge < -0.3 is 4.42 Å². The van der Waals surface area contributed by atoms with Crippen molar-refractivity contribution < 1.29 is 4.42 Å². The highest BCUT2D eigenvalue weighted by Gasteiger charge is 2.21. The van der Waals surface area contributed by atoms with Gasteiger partial charge in [-0.05, 0) is 83.7 Å². The summed E-state index contributed by atoms with van der Waals surface area (Å²) in [5.74, 6) is 0. The summed E-state index contributed by atoms with van der Waals surface area (Å²) in [6, 6.07) is 65.7. The van der Waals surface area contributed by atoms with Gasteiger partial charge in [-0.2, -0.15) is 0 Å². The highest BCUT2D eigenvalue weighted by atomic mass is 16.3. The van der Waals surface area contributed by atoms with Crippen LogP contribution in [-0.4, -0.2) is 0 Å². The molecule has 0 aliphatic heterocycles. The molecule has 10 aromatic rings. The van der Waals surface area contributed by atoms with Crippen molar-refractivity contribution in [2.24, 2.45) is 0 Å². The van der Waals surface area contributed by atoms with Crippen LogP contribution in [-0.2, 0) is 6.42 Å². The summed E-state index contributed by atoms with van der Waals surface area (Å²) in [4.78, 5) is 0. The molecular weight excluding hydrogens is 605 g/mol. The maximum atomic E-state index is 6.83. The van der Waals surface area contributed by atoms with E-state index in [1.807, 2.05) is 0 Å². The SMILES string of the molecule is c1ccc(-c2ccccc2Cc2c3ccccc3c(-c3cccc4oc5c(-c6cccc7ccccc67)cccc5c34)c3ccccc23)cc1. The second-order valence-corrected chi connectivity index (χ2v) is 13.1. The van der Waals surface area contributed by atoms with E-state index in [0.717, 1.165) is 33.9 Å². The first-order valence-corrected chi connectivity index (χ1v) is 17.3. The van der Waals surface area contributed by atoms with Crippen LogP contribution in [0.4, 0.5) is 0 Å². The van der Waals surface area contributed by atoms with Crippen molar-refractivity contribution in [2.45, 2.75) is 6.42 Å². The molecule has 0 saturated heterocycles. The van der Waals surface area contributed by atoms with Crippen LogP contribution in [0.5, 0.6) is 0 Å². The highest BCUT2D eigenvalue weighted by molar-refractivity contribution is 6.23. The summed E-state index contributed by atoms with van der Waals surface area (Å²) in [5.41, 5.74) is 11.8. The summed E-state index contributed by atoms with van der Waals surface area (Å²) in [5, 5.41) is 9.82. The van der Waals surface area contributed by atoms with Gasteiger partial charge in [-0.1, -0.05) is 176 Å². The van der Waals surface area contributed by atoms with Gasteiger partial charge in [-0.3, -0.25) is 0 Å². The third-order valence-electron chi connectivity index (χ3n) is 10.4. The molecule has 10 rings (SSSR count). The Morgan fingerprint density at radius 1 is 0.360 bits per heavy atom. The second-order valence-electron chi connectivity index (χ2n) is 13.1. The van der Waals surface area contributed by atoms with E-state index in [1.54, 1.807) is 0 Å². The smallest absolute Gasteiger partial charge is 0.143 e. The lowest BCUT2D eigenvalue weighted by molar-refractivity contribution is 0.670. The van der Waals surface area contributed by atoms with Gasteiger partial charge in [0.15, 0.2) is 0 Å². The molecule has 0 radical (unpaired) electrons. The predicted molar refractivity (Wildman–Crippen MR) is 212 cm³/mol. The van der Waals surface area contributed by atoms with Gasteiger partial charge in [0.05, 0.1) is 0 Å². The summed E-state index contributed by atoms with van der Waals surface area (Å²) in [6.45, 7) is 0. The van der Waals surface area contributed by atoms with Gasteiger partial charge in [-0.25, -0.2) is 0 Å². The van der Waals surface area contributed by atoms with Crippen LogP contribution < -0.4 is 0 Å². The van der Waals surface area contributed by atoms with Crippen LogP contribution in [0, 0.1) is 0 Å². The Morgan fingerprint density at radius 2 is 0.900 bits per heavy atom. The van der Waals surface area contributed by atoms with Crippen LogP contribution in [0.25, 0.3) is 87.6 Å². The lowest BCUT2D eigenvalue weighted by atomic mass is 9.84. The molecule has 0 aliphatic rings. The van der Waals surface area contributed by atoms with E-state index in [-0.39, 0.29) is 0 Å². The molecule has 0 aliphatic carbocycles. The number of para-hydroxylation sites is 1. The maximum absolute atomic E-state index is 6.83. The minimum atomic E-state index is 0.833. The van der Waals surface area contributed by atoms with Gasteiger partial charge in [0.25, 0.3) is 0 Å². The monoisotopic (exact) mass is 636 g/mol. The molecule has 0 bridgehead atoms. The average molecular weight is 637 g/mol. The van der Waals surface area contributed by atoms with Crippen LogP contribution in [0.3, 0.4) is 0 Å². The van der Waals surface area contributed by atoms with Crippen molar-refractivity contribution in [2.75, 3.05) is 0 Å². The minimum absolute atomic E-state index is 0.833. The van der Waals surface area contributed by atoms with Crippen molar-refractivity contribution in [1.82, 2.24) is 0 Å². The minimum Gasteiger partial charge on any atom is -0.455 e. The third-order valence-corrected chi connectivity index (χ3v) is 10.4. The van der Waals surface area contributed by atoms with Crippen molar-refractivity contribution >= 4 is 54.3 Å². The largest absolute Gasteiger partial charge is 0.455 e. The molecule has 1 heterocycles. The molecule has 1 aromatic heterocycles. The van der Waals surface area contributed by atoms with Gasteiger partial charge >= 0.3 is 0 Å². The molecule has 234 valence electrons. The molecule has 0 unspecified atom stereocenters. The standard InChI is InChI=1S/C49H32O/c1-2-15-32(16-3-1)35-20-6-5-18-34(35)31-45-38-22-8-10-24-40(38)47(41-25-11-9-23-39(41)45)43-28-14-30-46-48(43)44-29-13-27-42(49(44)50-46)37-26-12-19-33-17-4-7-21-36(33)37/h1-30H,31H2. The van der Waals surface area contributed by atoms with E-state index < -0.39 is 0 Å². The number of fused-ring (bicyclic) bond motifs is 6. The summed E-state index contributed by atoms with van der Waals surface area (Å²) < 4.78 is 6.83. The van der Waals surface area contributed by atoms with Crippen LogP contribution in [0.2, 0.25) is 0 Å². The summed E-state index contributed by atoms with van der Waals surface area (Å²) in [6.07, 6.45) is 0.833. The number of hydrogen-bond acceptors (Lipinski definition) is 1. The van der Waals surface area contributed by atoms with E-state index in [9.17, 15) is 0 Å². The van der Waals surface area contributed by atoms with Crippen molar-refractivity contribution in [3.05, 3.63) is 193 Å². The first-order valence-electron chi connectivity index (χ1n) is 17.3. The van der Waals surface area contributed by atoms with Crippen molar-refractivity contribution in [3.8, 4) is 33.4 Å². The highest BCUT2D eigenvalue weighted by Crippen LogP contribution is 2.46. The average Bonchev–Trinajstić information content (AvgIpc) is 3.58. The summed E-state index contributed by atoms with van der Waals surface area (Å²) >= 11 is 0. The molecule has 0 fully saturated rings. The van der Waals surface area contributed by atoms with Crippen LogP contribution in [0.15, 0.2) is 186 Å². The van der Waals surface area contributed by atoms with Crippen molar-refractivity contribution in [1.29, 1.82) is 0 Å². The molecule has 0 N–H and O–H groups in total. The molecule has 0 amide bonds. The Kier molecular flexibility index (Phi) is 6.63. The molecular formula is C49H32O. The Hall–Kier alpha value is -6.44. The zero-order chi connectivity index (χ0) is 33.0. The predicted octanol–water partition coefficient (Wildman–Crippen LogP) is 13.6. The van der Waals surface area contributed by atoms with Gasteiger partial charge in [0.2, 0.25) is 0 Å². The zero-order valence-electron chi connectivity index (χ0n) is 27.4. The number of hydrogen-bond donors (Lipinski definition) is 0. The molecule has 0 saturated carbocycles. The lowest BCUT2D eigenvalue weighted by Gasteiger charge is -2.19. The molecule has 1 nitrogen and oxygen atoms in total. The molecule has 0 spiro atoms. The lowest BCUT2D eigenvalue weighted by Crippen LogP contribution is -1.97. The van der Waals surface area contributed by atoms with E-state index in [4.69, 9.17) is 4.42 Å². The second kappa shape index (κ2) is 11.6. The molecule has 50 heavy (non-hydrogen) atoms. The van der Waals surface area contributed by atoms with Crippen LogP contribution in [0.1, 0.15) is 11.1 Å². The Morgan fingerprint density at radius 3 is 1.70 bits per heavy atom. The van der Waals surface area contributed by atoms with E-state index in [1.165, 1.54) is 71.3 Å². The van der Waals surface area contributed by atoms with Crippen LogP contribution >= 0.6 is 0 Å². The zero-order valence-corrected chi connectivity index (χ0v) is 27.4. The first-order chi connectivity index (χ1) is 24.8. The summed E-state index contributed by atoms with van der Waals surface area (Å²) in [7, 11) is 0. The number of rotatable bonds is 5. The first kappa shape index (κ1) is 28.6. The van der Waals surface area contributed by atoms with E-state index in [0.29, 0.717) is 0 Å². The van der Waals surface area contributed by atoms with Gasteiger partial charge in [-0.15, -0.1) is 0 Å². The van der Waals surface area contributed by atoms with Gasteiger partial charge in [0.1, 0.15) is 11.2 Å². The molecule has 9 aromatic carbocycles. The quantitative estimate of drug-likeness (QED) is 0.171. The van der Waals surface area contributed by atoms with E-state index >= 15 is 0 Å². The normalized spacial score (nSPS) is 11.7. The molecule has 0 atom stereocenters. The Balaban J connectivity index is 1.23. The fourth-order valence-corrected chi connectivity index (χ4v) is 8.19. The van der Waals surface area contributed by atoms with Gasteiger partial charge in [0, 0.05) is 16.3 Å². The fraction of sp³-hybridized carbons (Fsp3) is 0.0204. The maximum Gasteiger partial charge on any atom is 0.143 e. The number of benzene rings is 9.